The van der Waals surface area contributed by atoms with Crippen LogP contribution in [0.5, 0.6) is 0 Å². The highest BCUT2D eigenvalue weighted by atomic mass is 31.2. The molecule has 0 heterocycles. The second kappa shape index (κ2) is 34.5. The van der Waals surface area contributed by atoms with Crippen molar-refractivity contribution in [1.82, 2.24) is 0 Å². The third-order valence-electron chi connectivity index (χ3n) is 8.06. The van der Waals surface area contributed by atoms with Gasteiger partial charge in [0.05, 0.1) is 27.7 Å². The van der Waals surface area contributed by atoms with E-state index in [1.807, 2.05) is 21.1 Å². The number of quaternary nitrogens is 1. The van der Waals surface area contributed by atoms with Gasteiger partial charge in [0.15, 0.2) is 6.10 Å². The summed E-state index contributed by atoms with van der Waals surface area (Å²) in [5, 5.41) is 0. The minimum atomic E-state index is -4.38. The van der Waals surface area contributed by atoms with Crippen molar-refractivity contribution in [2.45, 2.75) is 148 Å². The number of carbonyl (C=O) groups excluding carboxylic acids is 2. The SMILES string of the molecule is CC/C=C\C/C=C\C/C=C\C/C=C\C/C=C\CCCCCC(=O)OC(COC(=O)CCCCCCCCCCC)COP(=O)(O)OCC[N+](C)(C)C. The minimum Gasteiger partial charge on any atom is -0.462 e. The molecule has 52 heavy (non-hydrogen) atoms. The fourth-order valence-corrected chi connectivity index (χ4v) is 5.66. The fraction of sp³-hybridized carbons (Fsp3) is 0.714. The van der Waals surface area contributed by atoms with Crippen LogP contribution in [0.25, 0.3) is 0 Å². The van der Waals surface area contributed by atoms with E-state index in [0.29, 0.717) is 17.4 Å². The monoisotopic (exact) mass is 753 g/mol. The number of rotatable bonds is 35. The van der Waals surface area contributed by atoms with Crippen LogP contribution < -0.4 is 0 Å². The van der Waals surface area contributed by atoms with Crippen LogP contribution in [-0.4, -0.2) is 74.9 Å². The Labute approximate surface area is 317 Å². The van der Waals surface area contributed by atoms with Gasteiger partial charge in [0.2, 0.25) is 0 Å². The number of hydrogen-bond donors (Lipinski definition) is 1. The summed E-state index contributed by atoms with van der Waals surface area (Å²) in [7, 11) is 1.44. The van der Waals surface area contributed by atoms with Crippen molar-refractivity contribution in [1.29, 1.82) is 0 Å². The topological polar surface area (TPSA) is 108 Å². The Hall–Kier alpha value is -2.29. The number of unbranched alkanes of at least 4 members (excludes halogenated alkanes) is 11. The van der Waals surface area contributed by atoms with Crippen molar-refractivity contribution >= 4 is 19.8 Å². The van der Waals surface area contributed by atoms with Gasteiger partial charge in [-0.3, -0.25) is 18.6 Å². The summed E-state index contributed by atoms with van der Waals surface area (Å²) < 4.78 is 34.1. The Kier molecular flexibility index (Phi) is 33.0. The summed E-state index contributed by atoms with van der Waals surface area (Å²) >= 11 is 0. The van der Waals surface area contributed by atoms with Crippen LogP contribution in [0, 0.1) is 0 Å². The molecule has 0 spiro atoms. The van der Waals surface area contributed by atoms with Gasteiger partial charge in [-0.1, -0.05) is 132 Å². The first-order valence-electron chi connectivity index (χ1n) is 20.0. The van der Waals surface area contributed by atoms with Gasteiger partial charge in [-0.05, 0) is 57.8 Å². The number of esters is 2. The van der Waals surface area contributed by atoms with E-state index in [4.69, 9.17) is 18.5 Å². The maximum Gasteiger partial charge on any atom is 0.472 e. The molecule has 0 aliphatic heterocycles. The summed E-state index contributed by atoms with van der Waals surface area (Å²) in [5.41, 5.74) is 0. The lowest BCUT2D eigenvalue weighted by Crippen LogP contribution is -2.37. The largest absolute Gasteiger partial charge is 0.472 e. The second-order valence-corrected chi connectivity index (χ2v) is 15.7. The molecule has 0 saturated heterocycles. The maximum atomic E-state index is 12.6. The molecule has 0 radical (unpaired) electrons. The van der Waals surface area contributed by atoms with Crippen LogP contribution in [-0.2, 0) is 32.7 Å². The van der Waals surface area contributed by atoms with E-state index in [1.165, 1.54) is 38.5 Å². The smallest absolute Gasteiger partial charge is 0.462 e. The van der Waals surface area contributed by atoms with Crippen LogP contribution in [0.4, 0.5) is 0 Å². The van der Waals surface area contributed by atoms with Gasteiger partial charge in [0.1, 0.15) is 19.8 Å². The Morgan fingerprint density at radius 3 is 1.63 bits per heavy atom. The van der Waals surface area contributed by atoms with Gasteiger partial charge in [-0.2, -0.15) is 0 Å². The van der Waals surface area contributed by atoms with Gasteiger partial charge in [-0.25, -0.2) is 4.57 Å². The molecule has 0 saturated carbocycles. The highest BCUT2D eigenvalue weighted by Crippen LogP contribution is 2.43. The average Bonchev–Trinajstić information content (AvgIpc) is 3.09. The highest BCUT2D eigenvalue weighted by Gasteiger charge is 2.27. The minimum absolute atomic E-state index is 0.0229. The van der Waals surface area contributed by atoms with Gasteiger partial charge in [0, 0.05) is 12.8 Å². The molecule has 0 rings (SSSR count). The summed E-state index contributed by atoms with van der Waals surface area (Å²) in [4.78, 5) is 35.2. The highest BCUT2D eigenvalue weighted by molar-refractivity contribution is 7.47. The number of likely N-dealkylation sites (N-methyl/N-ethyl adjacent to an activating group) is 1. The summed E-state index contributed by atoms with van der Waals surface area (Å²) in [5.74, 6) is -0.845. The van der Waals surface area contributed by atoms with Crippen molar-refractivity contribution in [3.05, 3.63) is 60.8 Å². The zero-order valence-electron chi connectivity index (χ0n) is 33.5. The third-order valence-corrected chi connectivity index (χ3v) is 9.05. The fourth-order valence-electron chi connectivity index (χ4n) is 4.92. The molecule has 300 valence electrons. The number of hydrogen-bond acceptors (Lipinski definition) is 7. The zero-order valence-corrected chi connectivity index (χ0v) is 34.4. The van der Waals surface area contributed by atoms with Crippen LogP contribution in [0.1, 0.15) is 142 Å². The predicted octanol–water partition coefficient (Wildman–Crippen LogP) is 10.9. The Morgan fingerprint density at radius 2 is 1.10 bits per heavy atom. The molecule has 9 nitrogen and oxygen atoms in total. The number of carbonyl (C=O) groups is 2. The number of phosphoric acid groups is 1. The first-order chi connectivity index (χ1) is 25.0. The van der Waals surface area contributed by atoms with Crippen molar-refractivity contribution in [2.75, 3.05) is 47.5 Å². The van der Waals surface area contributed by atoms with Gasteiger partial charge in [-0.15, -0.1) is 0 Å². The molecule has 0 aliphatic carbocycles. The van der Waals surface area contributed by atoms with E-state index in [9.17, 15) is 19.0 Å². The van der Waals surface area contributed by atoms with E-state index in [2.05, 4.69) is 74.6 Å². The molecule has 1 N–H and O–H groups in total. The van der Waals surface area contributed by atoms with E-state index in [0.717, 1.165) is 70.6 Å². The van der Waals surface area contributed by atoms with E-state index in [1.54, 1.807) is 0 Å². The molecule has 2 atom stereocenters. The number of nitrogens with zero attached hydrogens (tertiary/aromatic N) is 1. The molecule has 0 aromatic rings. The second-order valence-electron chi connectivity index (χ2n) is 14.3. The molecule has 2 unspecified atom stereocenters. The standard InChI is InChI=1S/C42H74NO8P/c1-6-8-10-12-14-16-17-18-19-20-21-22-23-24-25-27-29-31-33-35-42(45)51-40(39-50-52(46,47)49-37-36-43(3,4)5)38-48-41(44)34-32-30-28-26-15-13-11-9-7-2/h8,10,14,16,18-19,21-22,24-25,40H,6-7,9,11-13,15,17,20,23,26-39H2,1-5H3/p+1/b10-8-,16-14-,19-18-,22-21-,25-24-. The number of ether oxygens (including phenoxy) is 2. The summed E-state index contributed by atoms with van der Waals surface area (Å²) in [6.07, 6.45) is 39.9. The Bertz CT molecular complexity index is 1080. The van der Waals surface area contributed by atoms with Crippen LogP contribution in [0.2, 0.25) is 0 Å². The van der Waals surface area contributed by atoms with Crippen LogP contribution in [0.3, 0.4) is 0 Å². The van der Waals surface area contributed by atoms with Crippen LogP contribution in [0.15, 0.2) is 60.8 Å². The lowest BCUT2D eigenvalue weighted by Gasteiger charge is -2.24. The predicted molar refractivity (Wildman–Crippen MR) is 215 cm³/mol. The lowest BCUT2D eigenvalue weighted by atomic mass is 10.1. The normalized spacial score (nSPS) is 14.3. The maximum absolute atomic E-state index is 12.6. The van der Waals surface area contributed by atoms with Gasteiger partial charge >= 0.3 is 19.8 Å². The van der Waals surface area contributed by atoms with Gasteiger partial charge in [0.25, 0.3) is 0 Å². The van der Waals surface area contributed by atoms with Crippen molar-refractivity contribution in [3.63, 3.8) is 0 Å². The molecule has 0 fully saturated rings. The average molecular weight is 753 g/mol. The van der Waals surface area contributed by atoms with E-state index in [-0.39, 0.29) is 32.0 Å². The molecule has 10 heteroatoms. The van der Waals surface area contributed by atoms with Crippen molar-refractivity contribution < 1.29 is 42.1 Å². The molecular weight excluding hydrogens is 677 g/mol. The molecule has 0 bridgehead atoms. The molecule has 0 aromatic heterocycles. The lowest BCUT2D eigenvalue weighted by molar-refractivity contribution is -0.870. The Balaban J connectivity index is 4.46. The first kappa shape index (κ1) is 49.7. The number of phosphoric ester groups is 1. The summed E-state index contributed by atoms with van der Waals surface area (Å²) in [6, 6.07) is 0. The van der Waals surface area contributed by atoms with E-state index < -0.39 is 26.5 Å². The quantitative estimate of drug-likeness (QED) is 0.0224. The summed E-state index contributed by atoms with van der Waals surface area (Å²) in [6.45, 7) is 4.22. The van der Waals surface area contributed by atoms with E-state index >= 15 is 0 Å². The van der Waals surface area contributed by atoms with Crippen molar-refractivity contribution in [2.24, 2.45) is 0 Å². The first-order valence-corrected chi connectivity index (χ1v) is 21.5. The Morgan fingerprint density at radius 1 is 0.615 bits per heavy atom. The molecule has 0 amide bonds. The number of allylic oxidation sites excluding steroid dienone is 10. The third kappa shape index (κ3) is 37.5. The molecular formula is C42H75NO8P+. The van der Waals surface area contributed by atoms with Crippen LogP contribution >= 0.6 is 7.82 Å². The molecule has 0 aromatic carbocycles. The van der Waals surface area contributed by atoms with Gasteiger partial charge < -0.3 is 18.9 Å². The van der Waals surface area contributed by atoms with Crippen molar-refractivity contribution in [3.8, 4) is 0 Å². The zero-order chi connectivity index (χ0) is 38.6. The molecule has 0 aliphatic rings.